The molecule has 1 aromatic heterocycles. The summed E-state index contributed by atoms with van der Waals surface area (Å²) in [6.07, 6.45) is 0.751. The summed E-state index contributed by atoms with van der Waals surface area (Å²) in [6.45, 7) is 1.96. The molecule has 18 heavy (non-hydrogen) atoms. The molecule has 0 aliphatic carbocycles. The highest BCUT2D eigenvalue weighted by atomic mass is 32.2. The minimum absolute atomic E-state index is 0.333. The third kappa shape index (κ3) is 2.85. The zero-order chi connectivity index (χ0) is 13.1. The summed E-state index contributed by atoms with van der Waals surface area (Å²) >= 11 is 2.53. The Morgan fingerprint density at radius 2 is 2.33 bits per heavy atom. The Morgan fingerprint density at radius 3 is 2.94 bits per heavy atom. The maximum absolute atomic E-state index is 13.2. The summed E-state index contributed by atoms with van der Waals surface area (Å²) in [7, 11) is 0. The van der Waals surface area contributed by atoms with Gasteiger partial charge in [-0.15, -0.1) is 0 Å². The summed E-state index contributed by atoms with van der Waals surface area (Å²) in [5.74, 6) is -1.26. The van der Waals surface area contributed by atoms with Gasteiger partial charge in [-0.05, 0) is 29.7 Å². The van der Waals surface area contributed by atoms with Crippen molar-refractivity contribution in [3.63, 3.8) is 0 Å². The Kier molecular flexibility index (Phi) is 3.93. The normalized spacial score (nSPS) is 10.6. The summed E-state index contributed by atoms with van der Waals surface area (Å²) in [5, 5.41) is 8.82. The fraction of sp³-hybridized carbons (Fsp3) is 0.182. The highest BCUT2D eigenvalue weighted by molar-refractivity contribution is 8.01. The fourth-order valence-corrected chi connectivity index (χ4v) is 2.97. The molecule has 0 spiro atoms. The Balaban J connectivity index is 2.24. The van der Waals surface area contributed by atoms with Crippen molar-refractivity contribution in [3.05, 3.63) is 35.4 Å². The topological polar surface area (TPSA) is 63.1 Å². The van der Waals surface area contributed by atoms with E-state index in [0.29, 0.717) is 4.90 Å². The number of carbonyl (C=O) groups is 1. The van der Waals surface area contributed by atoms with Gasteiger partial charge in [-0.3, -0.25) is 0 Å². The maximum Gasteiger partial charge on any atom is 0.338 e. The zero-order valence-electron chi connectivity index (χ0n) is 9.38. The average molecular weight is 284 g/mol. The van der Waals surface area contributed by atoms with E-state index >= 15 is 0 Å². The first-order chi connectivity index (χ1) is 8.60. The summed E-state index contributed by atoms with van der Waals surface area (Å²) in [4.78, 5) is 15.7. The molecule has 4 nitrogen and oxygen atoms in total. The number of benzene rings is 1. The Morgan fingerprint density at radius 1 is 1.56 bits per heavy atom. The second-order valence-electron chi connectivity index (χ2n) is 3.38. The van der Waals surface area contributed by atoms with Crippen molar-refractivity contribution in [3.8, 4) is 0 Å². The van der Waals surface area contributed by atoms with Gasteiger partial charge in [0.2, 0.25) is 0 Å². The lowest BCUT2D eigenvalue weighted by Crippen LogP contribution is -2.00. The molecule has 0 aliphatic rings. The van der Waals surface area contributed by atoms with Gasteiger partial charge in [0.25, 0.3) is 0 Å². The van der Waals surface area contributed by atoms with E-state index in [2.05, 4.69) is 9.36 Å². The molecule has 0 atom stereocenters. The highest BCUT2D eigenvalue weighted by Gasteiger charge is 2.12. The third-order valence-corrected chi connectivity index (χ3v) is 3.92. The van der Waals surface area contributed by atoms with E-state index in [9.17, 15) is 9.18 Å². The molecule has 94 valence electrons. The predicted octanol–water partition coefficient (Wildman–Crippen LogP) is 3.09. The van der Waals surface area contributed by atoms with Crippen LogP contribution in [0.2, 0.25) is 0 Å². The molecule has 0 saturated carbocycles. The van der Waals surface area contributed by atoms with Crippen LogP contribution in [0.15, 0.2) is 27.4 Å². The maximum atomic E-state index is 13.2. The van der Waals surface area contributed by atoms with Crippen molar-refractivity contribution < 1.29 is 14.3 Å². The molecule has 0 amide bonds. The number of nitrogens with zero attached hydrogens (tertiary/aromatic N) is 2. The van der Waals surface area contributed by atoms with Crippen LogP contribution >= 0.6 is 23.3 Å². The largest absolute Gasteiger partial charge is 0.478 e. The molecule has 1 heterocycles. The molecule has 0 radical (unpaired) electrons. The van der Waals surface area contributed by atoms with E-state index in [4.69, 9.17) is 5.11 Å². The third-order valence-electron chi connectivity index (χ3n) is 2.14. The first kappa shape index (κ1) is 13.0. The lowest BCUT2D eigenvalue weighted by Gasteiger charge is -2.00. The molecular formula is C11H9FN2O2S2. The van der Waals surface area contributed by atoms with Gasteiger partial charge in [0, 0.05) is 11.3 Å². The van der Waals surface area contributed by atoms with Gasteiger partial charge in [-0.2, -0.15) is 4.37 Å². The lowest BCUT2D eigenvalue weighted by molar-refractivity contribution is 0.0691. The first-order valence-electron chi connectivity index (χ1n) is 5.13. The molecule has 1 aromatic carbocycles. The van der Waals surface area contributed by atoms with Gasteiger partial charge in [-0.25, -0.2) is 14.2 Å². The number of aromatic carboxylic acids is 1. The monoisotopic (exact) mass is 284 g/mol. The molecule has 0 aliphatic heterocycles. The molecule has 2 rings (SSSR count). The molecule has 0 fully saturated rings. The van der Waals surface area contributed by atoms with Crippen LogP contribution in [-0.4, -0.2) is 20.4 Å². The van der Waals surface area contributed by atoms with Crippen LogP contribution in [0, 0.1) is 5.82 Å². The van der Waals surface area contributed by atoms with Crippen molar-refractivity contribution in [2.45, 2.75) is 22.6 Å². The van der Waals surface area contributed by atoms with Crippen LogP contribution in [0.4, 0.5) is 4.39 Å². The fourth-order valence-electron chi connectivity index (χ4n) is 1.26. The Hall–Kier alpha value is -1.47. The van der Waals surface area contributed by atoms with Crippen LogP contribution in [0.1, 0.15) is 23.1 Å². The van der Waals surface area contributed by atoms with E-state index in [1.54, 1.807) is 0 Å². The number of rotatable bonds is 4. The smallest absolute Gasteiger partial charge is 0.338 e. The van der Waals surface area contributed by atoms with E-state index in [1.807, 2.05) is 6.92 Å². The minimum Gasteiger partial charge on any atom is -0.478 e. The molecule has 7 heteroatoms. The van der Waals surface area contributed by atoms with Crippen LogP contribution in [0.5, 0.6) is 0 Å². The summed E-state index contributed by atoms with van der Waals surface area (Å²) in [5.41, 5.74) is -0.333. The number of carboxylic acid groups (broad SMARTS) is 1. The van der Waals surface area contributed by atoms with Gasteiger partial charge >= 0.3 is 5.97 Å². The molecule has 0 saturated heterocycles. The number of hydrogen-bond acceptors (Lipinski definition) is 5. The van der Waals surface area contributed by atoms with Gasteiger partial charge in [0.15, 0.2) is 4.34 Å². The van der Waals surface area contributed by atoms with Crippen molar-refractivity contribution >= 4 is 29.3 Å². The number of hydrogen-bond donors (Lipinski definition) is 1. The van der Waals surface area contributed by atoms with E-state index in [0.717, 1.165) is 22.7 Å². The van der Waals surface area contributed by atoms with Crippen LogP contribution in [0.3, 0.4) is 0 Å². The average Bonchev–Trinajstić information content (AvgIpc) is 2.79. The van der Waals surface area contributed by atoms with Crippen LogP contribution in [-0.2, 0) is 6.42 Å². The Bertz CT molecular complexity index is 586. The number of carboxylic acids is 1. The van der Waals surface area contributed by atoms with Crippen molar-refractivity contribution in [1.29, 1.82) is 0 Å². The van der Waals surface area contributed by atoms with E-state index < -0.39 is 11.8 Å². The van der Waals surface area contributed by atoms with Crippen LogP contribution < -0.4 is 0 Å². The SMILES string of the molecule is CCc1nsc(Sc2ccc(F)c(C(=O)O)c2)n1. The molecule has 2 aromatic rings. The number of aromatic nitrogens is 2. The van der Waals surface area contributed by atoms with Crippen LogP contribution in [0.25, 0.3) is 0 Å². The van der Waals surface area contributed by atoms with Gasteiger partial charge in [-0.1, -0.05) is 18.7 Å². The second kappa shape index (κ2) is 5.45. The van der Waals surface area contributed by atoms with E-state index in [-0.39, 0.29) is 5.56 Å². The first-order valence-corrected chi connectivity index (χ1v) is 6.72. The molecule has 1 N–H and O–H groups in total. The summed E-state index contributed by atoms with van der Waals surface area (Å²) in [6, 6.07) is 3.97. The number of halogens is 1. The zero-order valence-corrected chi connectivity index (χ0v) is 11.0. The second-order valence-corrected chi connectivity index (χ2v) is 5.45. The van der Waals surface area contributed by atoms with Crippen molar-refractivity contribution in [2.24, 2.45) is 0 Å². The molecule has 0 unspecified atom stereocenters. The Labute approximate surface area is 111 Å². The standard InChI is InChI=1S/C11H9FN2O2S2/c1-2-9-13-11(18-14-9)17-6-3-4-8(12)7(5-6)10(15)16/h3-5H,2H2,1H3,(H,15,16). The highest BCUT2D eigenvalue weighted by Crippen LogP contribution is 2.30. The van der Waals surface area contributed by atoms with Gasteiger partial charge in [0.05, 0.1) is 5.56 Å². The quantitative estimate of drug-likeness (QED) is 0.934. The predicted molar refractivity (Wildman–Crippen MR) is 66.8 cm³/mol. The molecule has 0 bridgehead atoms. The van der Waals surface area contributed by atoms with Gasteiger partial charge < -0.3 is 5.11 Å². The summed E-state index contributed by atoms with van der Waals surface area (Å²) < 4.78 is 18.0. The molecular weight excluding hydrogens is 275 g/mol. The lowest BCUT2D eigenvalue weighted by atomic mass is 10.2. The minimum atomic E-state index is -1.28. The van der Waals surface area contributed by atoms with Gasteiger partial charge in [0.1, 0.15) is 11.6 Å². The van der Waals surface area contributed by atoms with E-state index in [1.165, 1.54) is 35.4 Å². The number of aryl methyl sites for hydroxylation is 1. The van der Waals surface area contributed by atoms with Crippen molar-refractivity contribution in [1.82, 2.24) is 9.36 Å². The van der Waals surface area contributed by atoms with Crippen molar-refractivity contribution in [2.75, 3.05) is 0 Å².